The van der Waals surface area contributed by atoms with Crippen molar-refractivity contribution in [3.8, 4) is 17.4 Å². The van der Waals surface area contributed by atoms with E-state index < -0.39 is 29.2 Å². The van der Waals surface area contributed by atoms with Crippen LogP contribution in [0.1, 0.15) is 20.7 Å². The SMILES string of the molecule is O=C(NC(=O)c1cc(F)ccc1O)c1ccnc(Oc2ccc(F)cc2)c1. The zero-order valence-electron chi connectivity index (χ0n) is 13.6. The summed E-state index contributed by atoms with van der Waals surface area (Å²) in [5, 5.41) is 11.7. The molecule has 27 heavy (non-hydrogen) atoms. The van der Waals surface area contributed by atoms with E-state index in [1.807, 2.05) is 5.32 Å². The Bertz CT molecular complexity index is 1010. The van der Waals surface area contributed by atoms with Gasteiger partial charge in [0.2, 0.25) is 5.88 Å². The average molecular weight is 370 g/mol. The Hall–Kier alpha value is -3.81. The first-order valence-corrected chi connectivity index (χ1v) is 7.66. The summed E-state index contributed by atoms with van der Waals surface area (Å²) in [7, 11) is 0. The Labute approximate surface area is 152 Å². The van der Waals surface area contributed by atoms with Gasteiger partial charge in [-0.05, 0) is 48.5 Å². The van der Waals surface area contributed by atoms with Crippen LogP contribution in [0.2, 0.25) is 0 Å². The standard InChI is InChI=1S/C19H12F2N2O4/c20-12-1-4-14(5-2-12)27-17-9-11(7-8-22-17)18(25)23-19(26)15-10-13(21)3-6-16(15)24/h1-10,24H,(H,23,25,26). The van der Waals surface area contributed by atoms with Gasteiger partial charge < -0.3 is 9.84 Å². The number of carbonyl (C=O) groups excluding carboxylic acids is 2. The van der Waals surface area contributed by atoms with Crippen LogP contribution < -0.4 is 10.1 Å². The number of benzene rings is 2. The van der Waals surface area contributed by atoms with Crippen molar-refractivity contribution in [2.75, 3.05) is 0 Å². The number of imide groups is 1. The second kappa shape index (κ2) is 7.61. The number of hydrogen-bond donors (Lipinski definition) is 2. The molecular formula is C19H12F2N2O4. The fraction of sp³-hybridized carbons (Fsp3) is 0. The van der Waals surface area contributed by atoms with Gasteiger partial charge >= 0.3 is 0 Å². The lowest BCUT2D eigenvalue weighted by atomic mass is 10.1. The monoisotopic (exact) mass is 370 g/mol. The molecule has 0 aliphatic carbocycles. The molecule has 136 valence electrons. The Morgan fingerprint density at radius 1 is 0.926 bits per heavy atom. The first-order valence-electron chi connectivity index (χ1n) is 7.66. The minimum Gasteiger partial charge on any atom is -0.507 e. The van der Waals surface area contributed by atoms with Crippen molar-refractivity contribution >= 4 is 11.8 Å². The smallest absolute Gasteiger partial charge is 0.261 e. The molecular weight excluding hydrogens is 358 g/mol. The highest BCUT2D eigenvalue weighted by molar-refractivity contribution is 6.11. The van der Waals surface area contributed by atoms with Crippen LogP contribution >= 0.6 is 0 Å². The predicted molar refractivity (Wildman–Crippen MR) is 90.6 cm³/mol. The molecule has 0 fully saturated rings. The molecule has 2 aromatic carbocycles. The van der Waals surface area contributed by atoms with Gasteiger partial charge in [0.25, 0.3) is 11.8 Å². The molecule has 0 atom stereocenters. The summed E-state index contributed by atoms with van der Waals surface area (Å²) in [4.78, 5) is 28.2. The van der Waals surface area contributed by atoms with Crippen molar-refractivity contribution in [2.24, 2.45) is 0 Å². The number of aromatic hydroxyl groups is 1. The minimum atomic E-state index is -0.963. The number of ether oxygens (including phenoxy) is 1. The molecule has 0 aliphatic rings. The molecule has 0 spiro atoms. The van der Waals surface area contributed by atoms with E-state index in [1.54, 1.807) is 0 Å². The van der Waals surface area contributed by atoms with Crippen LogP contribution in [-0.4, -0.2) is 21.9 Å². The van der Waals surface area contributed by atoms with E-state index in [0.717, 1.165) is 18.2 Å². The topological polar surface area (TPSA) is 88.5 Å². The van der Waals surface area contributed by atoms with Crippen molar-refractivity contribution in [3.63, 3.8) is 0 Å². The number of rotatable bonds is 4. The normalized spacial score (nSPS) is 10.3. The molecule has 1 heterocycles. The maximum absolute atomic E-state index is 13.2. The van der Waals surface area contributed by atoms with Gasteiger partial charge in [-0.2, -0.15) is 0 Å². The summed E-state index contributed by atoms with van der Waals surface area (Å²) in [5.74, 6) is -3.02. The summed E-state index contributed by atoms with van der Waals surface area (Å²) in [6.45, 7) is 0. The number of carbonyl (C=O) groups is 2. The van der Waals surface area contributed by atoms with Gasteiger partial charge in [0.05, 0.1) is 5.56 Å². The number of phenolic OH excluding ortho intramolecular Hbond substituents is 1. The van der Waals surface area contributed by atoms with Gasteiger partial charge in [-0.3, -0.25) is 14.9 Å². The van der Waals surface area contributed by atoms with Crippen LogP contribution in [0.15, 0.2) is 60.8 Å². The van der Waals surface area contributed by atoms with Gasteiger partial charge in [0, 0.05) is 17.8 Å². The van der Waals surface area contributed by atoms with Gasteiger partial charge in [-0.25, -0.2) is 13.8 Å². The fourth-order valence-electron chi connectivity index (χ4n) is 2.16. The number of phenols is 1. The molecule has 0 saturated heterocycles. The van der Waals surface area contributed by atoms with E-state index in [1.165, 1.54) is 42.6 Å². The maximum atomic E-state index is 13.2. The van der Waals surface area contributed by atoms with Crippen molar-refractivity contribution in [1.82, 2.24) is 10.3 Å². The van der Waals surface area contributed by atoms with Gasteiger partial charge in [0.15, 0.2) is 0 Å². The van der Waals surface area contributed by atoms with Crippen LogP contribution in [0, 0.1) is 11.6 Å². The van der Waals surface area contributed by atoms with Crippen LogP contribution in [0.25, 0.3) is 0 Å². The molecule has 3 rings (SSSR count). The predicted octanol–water partition coefficient (Wildman–Crippen LogP) is 3.43. The van der Waals surface area contributed by atoms with E-state index in [4.69, 9.17) is 4.74 Å². The molecule has 0 saturated carbocycles. The zero-order chi connectivity index (χ0) is 19.4. The number of hydrogen-bond acceptors (Lipinski definition) is 5. The molecule has 0 bridgehead atoms. The molecule has 3 aromatic rings. The molecule has 2 N–H and O–H groups in total. The van der Waals surface area contributed by atoms with E-state index in [9.17, 15) is 23.5 Å². The summed E-state index contributed by atoms with van der Waals surface area (Å²) in [5.41, 5.74) is -0.327. The first kappa shape index (κ1) is 18.0. The van der Waals surface area contributed by atoms with E-state index in [-0.39, 0.29) is 17.0 Å². The van der Waals surface area contributed by atoms with Gasteiger partial charge in [-0.1, -0.05) is 0 Å². The van der Waals surface area contributed by atoms with Crippen LogP contribution in [0.4, 0.5) is 8.78 Å². The summed E-state index contributed by atoms with van der Waals surface area (Å²) in [6, 6.07) is 10.6. The summed E-state index contributed by atoms with van der Waals surface area (Å²) < 4.78 is 31.6. The van der Waals surface area contributed by atoms with E-state index in [0.29, 0.717) is 5.75 Å². The Balaban J connectivity index is 1.74. The number of nitrogens with one attached hydrogen (secondary N) is 1. The van der Waals surface area contributed by atoms with Crippen molar-refractivity contribution in [2.45, 2.75) is 0 Å². The minimum absolute atomic E-state index is 0.0476. The number of aromatic nitrogens is 1. The van der Waals surface area contributed by atoms with Gasteiger partial charge in [0.1, 0.15) is 23.1 Å². The number of nitrogens with zero attached hydrogens (tertiary/aromatic N) is 1. The highest BCUT2D eigenvalue weighted by Gasteiger charge is 2.17. The second-order valence-electron chi connectivity index (χ2n) is 5.38. The molecule has 6 nitrogen and oxygen atoms in total. The molecule has 2 amide bonds. The van der Waals surface area contributed by atoms with Crippen molar-refractivity contribution in [3.05, 3.63) is 83.6 Å². The maximum Gasteiger partial charge on any atom is 0.261 e. The van der Waals surface area contributed by atoms with Crippen LogP contribution in [0.3, 0.4) is 0 Å². The third-order valence-electron chi connectivity index (χ3n) is 3.46. The molecule has 8 heteroatoms. The third-order valence-corrected chi connectivity index (χ3v) is 3.46. The van der Waals surface area contributed by atoms with Gasteiger partial charge in [-0.15, -0.1) is 0 Å². The molecule has 0 aliphatic heterocycles. The third kappa shape index (κ3) is 4.43. The van der Waals surface area contributed by atoms with Crippen molar-refractivity contribution in [1.29, 1.82) is 0 Å². The number of halogens is 2. The number of pyridine rings is 1. The largest absolute Gasteiger partial charge is 0.507 e. The molecule has 1 aromatic heterocycles. The van der Waals surface area contributed by atoms with Crippen LogP contribution in [0.5, 0.6) is 17.4 Å². The summed E-state index contributed by atoms with van der Waals surface area (Å²) >= 11 is 0. The fourth-order valence-corrected chi connectivity index (χ4v) is 2.16. The Morgan fingerprint density at radius 3 is 2.37 bits per heavy atom. The molecule has 0 unspecified atom stereocenters. The quantitative estimate of drug-likeness (QED) is 0.687. The lowest BCUT2D eigenvalue weighted by Gasteiger charge is -2.08. The zero-order valence-corrected chi connectivity index (χ0v) is 13.6. The Kier molecular flexibility index (Phi) is 5.07. The van der Waals surface area contributed by atoms with Crippen LogP contribution in [-0.2, 0) is 0 Å². The van der Waals surface area contributed by atoms with Crippen molar-refractivity contribution < 1.29 is 28.2 Å². The average Bonchev–Trinajstić information content (AvgIpc) is 2.65. The van der Waals surface area contributed by atoms with E-state index >= 15 is 0 Å². The lowest BCUT2D eigenvalue weighted by Crippen LogP contribution is -2.30. The van der Waals surface area contributed by atoms with E-state index in [2.05, 4.69) is 4.98 Å². The second-order valence-corrected chi connectivity index (χ2v) is 5.38. The Morgan fingerprint density at radius 2 is 1.63 bits per heavy atom. The summed E-state index contributed by atoms with van der Waals surface area (Å²) in [6.07, 6.45) is 1.29. The highest BCUT2D eigenvalue weighted by Crippen LogP contribution is 2.21. The highest BCUT2D eigenvalue weighted by atomic mass is 19.1. The number of amides is 2. The first-order chi connectivity index (χ1) is 12.9. The molecule has 0 radical (unpaired) electrons. The lowest BCUT2D eigenvalue weighted by molar-refractivity contribution is 0.0847.